The fraction of sp³-hybridized carbons (Fsp3) is 0.294. The third kappa shape index (κ3) is 5.86. The maximum atomic E-state index is 13.2. The molecule has 0 aliphatic heterocycles. The molecule has 124 valence electrons. The molecule has 2 aromatic rings. The molecular weight excluding hydrogens is 327 g/mol. The van der Waals surface area contributed by atoms with Crippen LogP contribution in [0.3, 0.4) is 0 Å². The molecule has 0 spiro atoms. The first-order valence-corrected chi connectivity index (χ1v) is 12.3. The van der Waals surface area contributed by atoms with E-state index in [0.29, 0.717) is 11.5 Å². The highest BCUT2D eigenvalue weighted by molar-refractivity contribution is 7.51. The summed E-state index contributed by atoms with van der Waals surface area (Å²) < 4.78 is 30.4. The largest absolute Gasteiger partial charge is 0.577 e. The van der Waals surface area contributed by atoms with Gasteiger partial charge in [-0.1, -0.05) is 49.7 Å². The smallest absolute Gasteiger partial charge is 0.396 e. The van der Waals surface area contributed by atoms with Crippen molar-refractivity contribution in [3.05, 3.63) is 60.7 Å². The molecule has 0 saturated heterocycles. The molecule has 2 rings (SSSR count). The van der Waals surface area contributed by atoms with Crippen LogP contribution in [0.2, 0.25) is 19.1 Å². The zero-order chi connectivity index (χ0) is 16.8. The summed E-state index contributed by atoms with van der Waals surface area (Å²) >= 11 is 0. The molecule has 0 amide bonds. The van der Waals surface area contributed by atoms with Crippen LogP contribution in [-0.2, 0) is 8.78 Å². The first kappa shape index (κ1) is 17.8. The lowest BCUT2D eigenvalue weighted by atomic mass is 10.3. The molecule has 0 aliphatic rings. The van der Waals surface area contributed by atoms with E-state index in [9.17, 15) is 4.57 Å². The second kappa shape index (κ2) is 7.82. The molecule has 23 heavy (non-hydrogen) atoms. The number of rotatable bonds is 8. The Labute approximate surface area is 139 Å². The molecular formula is C17H23O4PSi. The molecule has 0 atom stereocenters. The Kier molecular flexibility index (Phi) is 6.05. The summed E-state index contributed by atoms with van der Waals surface area (Å²) in [6.45, 7) is 6.12. The maximum absolute atomic E-state index is 13.2. The van der Waals surface area contributed by atoms with E-state index < -0.39 is 16.1 Å². The van der Waals surface area contributed by atoms with E-state index in [1.54, 1.807) is 24.3 Å². The van der Waals surface area contributed by atoms with Crippen LogP contribution in [0.4, 0.5) is 0 Å². The van der Waals surface area contributed by atoms with E-state index in [-0.39, 0.29) is 0 Å². The predicted octanol–water partition coefficient (Wildman–Crippen LogP) is 5.88. The summed E-state index contributed by atoms with van der Waals surface area (Å²) in [6, 6.07) is 18.8. The van der Waals surface area contributed by atoms with Crippen molar-refractivity contribution in [3.63, 3.8) is 0 Å². The lowest BCUT2D eigenvalue weighted by Crippen LogP contribution is -2.30. The van der Waals surface area contributed by atoms with Crippen LogP contribution in [0.1, 0.15) is 13.3 Å². The standard InChI is InChI=1S/C17H23O4PSi/c1-4-15-23(2,3)21-22(18,19-16-11-7-5-8-12-16)20-17-13-9-6-10-14-17/h5-14H,4,15H2,1-3H3. The molecule has 0 heterocycles. The van der Waals surface area contributed by atoms with Gasteiger partial charge in [-0.2, -0.15) is 0 Å². The van der Waals surface area contributed by atoms with Gasteiger partial charge < -0.3 is 13.3 Å². The lowest BCUT2D eigenvalue weighted by Gasteiger charge is -2.27. The van der Waals surface area contributed by atoms with Gasteiger partial charge in [0, 0.05) is 0 Å². The minimum atomic E-state index is -3.75. The van der Waals surface area contributed by atoms with Gasteiger partial charge in [0.15, 0.2) is 0 Å². The van der Waals surface area contributed by atoms with Gasteiger partial charge in [0.05, 0.1) is 0 Å². The fourth-order valence-electron chi connectivity index (χ4n) is 2.23. The second-order valence-corrected chi connectivity index (χ2v) is 11.9. The number of hydrogen-bond donors (Lipinski definition) is 0. The van der Waals surface area contributed by atoms with Crippen molar-refractivity contribution in [2.45, 2.75) is 32.5 Å². The second-order valence-electron chi connectivity index (χ2n) is 5.86. The normalized spacial score (nSPS) is 12.0. The van der Waals surface area contributed by atoms with Crippen LogP contribution in [0.25, 0.3) is 0 Å². The van der Waals surface area contributed by atoms with Crippen molar-refractivity contribution in [1.29, 1.82) is 0 Å². The first-order valence-electron chi connectivity index (χ1n) is 7.72. The van der Waals surface area contributed by atoms with Crippen molar-refractivity contribution < 1.29 is 17.8 Å². The average Bonchev–Trinajstić information content (AvgIpc) is 2.48. The zero-order valence-electron chi connectivity index (χ0n) is 13.8. The van der Waals surface area contributed by atoms with Gasteiger partial charge in [-0.15, -0.1) is 0 Å². The Morgan fingerprint density at radius 2 is 1.30 bits per heavy atom. The molecule has 0 aromatic heterocycles. The summed E-state index contributed by atoms with van der Waals surface area (Å²) in [5.41, 5.74) is 0. The van der Waals surface area contributed by atoms with Crippen molar-refractivity contribution in [2.24, 2.45) is 0 Å². The van der Waals surface area contributed by atoms with Crippen molar-refractivity contribution >= 4 is 16.1 Å². The van der Waals surface area contributed by atoms with E-state index in [0.717, 1.165) is 12.5 Å². The number of phosphoric acid groups is 1. The van der Waals surface area contributed by atoms with Gasteiger partial charge in [0.25, 0.3) is 0 Å². The highest BCUT2D eigenvalue weighted by Crippen LogP contribution is 2.52. The topological polar surface area (TPSA) is 44.8 Å². The fourth-order valence-corrected chi connectivity index (χ4v) is 7.31. The van der Waals surface area contributed by atoms with Crippen LogP contribution in [0.5, 0.6) is 11.5 Å². The van der Waals surface area contributed by atoms with E-state index in [1.165, 1.54) is 0 Å². The molecule has 0 saturated carbocycles. The molecule has 0 unspecified atom stereocenters. The summed E-state index contributed by atoms with van der Waals surface area (Å²) in [7, 11) is -5.91. The van der Waals surface area contributed by atoms with Crippen molar-refractivity contribution in [1.82, 2.24) is 0 Å². The number of para-hydroxylation sites is 2. The zero-order valence-corrected chi connectivity index (χ0v) is 15.7. The van der Waals surface area contributed by atoms with Crippen LogP contribution in [-0.4, -0.2) is 8.32 Å². The van der Waals surface area contributed by atoms with Gasteiger partial charge >= 0.3 is 7.82 Å². The van der Waals surface area contributed by atoms with Gasteiger partial charge in [-0.05, 0) is 43.4 Å². The number of hydrogen-bond acceptors (Lipinski definition) is 4. The Bertz CT molecular complexity index is 601. The van der Waals surface area contributed by atoms with E-state index >= 15 is 0 Å². The Balaban J connectivity index is 2.24. The molecule has 0 N–H and O–H groups in total. The van der Waals surface area contributed by atoms with Crippen molar-refractivity contribution in [3.8, 4) is 11.5 Å². The number of phosphoric ester groups is 1. The van der Waals surface area contributed by atoms with Crippen LogP contribution < -0.4 is 9.05 Å². The highest BCUT2D eigenvalue weighted by atomic mass is 31.2. The molecule has 4 nitrogen and oxygen atoms in total. The van der Waals surface area contributed by atoms with Crippen LogP contribution in [0.15, 0.2) is 60.7 Å². The van der Waals surface area contributed by atoms with E-state index in [1.807, 2.05) is 49.5 Å². The molecule has 0 aliphatic carbocycles. The highest BCUT2D eigenvalue weighted by Gasteiger charge is 2.39. The quantitative estimate of drug-likeness (QED) is 0.440. The molecule has 0 radical (unpaired) electrons. The SMILES string of the molecule is CCC[Si](C)(C)OP(=O)(Oc1ccccc1)Oc1ccccc1. The minimum Gasteiger partial charge on any atom is -0.396 e. The summed E-state index contributed by atoms with van der Waals surface area (Å²) in [6.07, 6.45) is 0.968. The molecule has 0 fully saturated rings. The van der Waals surface area contributed by atoms with E-state index in [2.05, 4.69) is 6.92 Å². The summed E-state index contributed by atoms with van der Waals surface area (Å²) in [5, 5.41) is 0. The lowest BCUT2D eigenvalue weighted by molar-refractivity contribution is 0.295. The third-order valence-corrected chi connectivity index (χ3v) is 8.58. The van der Waals surface area contributed by atoms with Gasteiger partial charge in [0.1, 0.15) is 11.5 Å². The summed E-state index contributed by atoms with van der Waals surface area (Å²) in [5.74, 6) is 0.932. The van der Waals surface area contributed by atoms with Crippen molar-refractivity contribution in [2.75, 3.05) is 0 Å². The Hall–Kier alpha value is -1.55. The summed E-state index contributed by atoms with van der Waals surface area (Å²) in [4.78, 5) is 0. The molecule has 6 heteroatoms. The molecule has 2 aromatic carbocycles. The van der Waals surface area contributed by atoms with Crippen LogP contribution in [0, 0.1) is 0 Å². The maximum Gasteiger partial charge on any atom is 0.577 e. The molecule has 0 bridgehead atoms. The third-order valence-electron chi connectivity index (χ3n) is 3.13. The van der Waals surface area contributed by atoms with Gasteiger partial charge in [0.2, 0.25) is 8.32 Å². The number of benzene rings is 2. The van der Waals surface area contributed by atoms with E-state index in [4.69, 9.17) is 13.3 Å². The van der Waals surface area contributed by atoms with Gasteiger partial charge in [-0.25, -0.2) is 4.57 Å². The Morgan fingerprint density at radius 1 is 0.870 bits per heavy atom. The predicted molar refractivity (Wildman–Crippen MR) is 95.4 cm³/mol. The monoisotopic (exact) mass is 350 g/mol. The minimum absolute atomic E-state index is 0.466. The van der Waals surface area contributed by atoms with Crippen LogP contribution >= 0.6 is 7.82 Å². The first-order chi connectivity index (χ1) is 10.9. The average molecular weight is 350 g/mol. The van der Waals surface area contributed by atoms with Gasteiger partial charge in [-0.3, -0.25) is 0 Å². The Morgan fingerprint density at radius 3 is 1.70 bits per heavy atom.